The number of hydrogen-bond acceptors (Lipinski definition) is 4. The summed E-state index contributed by atoms with van der Waals surface area (Å²) in [6, 6.07) is 15.1. The van der Waals surface area contributed by atoms with E-state index in [1.807, 2.05) is 17.8 Å². The summed E-state index contributed by atoms with van der Waals surface area (Å²) < 4.78 is 0. The summed E-state index contributed by atoms with van der Waals surface area (Å²) in [6.07, 6.45) is 10.5. The standard InChI is InChI=1S/C30H37ClN2OS/c31-24-5-6-28-26(14-24)33(25-3-1-2-4-27(25)35-28)18-20-7-9-32(10-8-20)19-29(34)30-15-21-11-22(16-30)13-23(12-21)17-30/h1-6,14,20-23,29,34H,7-13,15-19H2/t21?,22?,23?,29-,30?/m0/s1. The van der Waals surface area contributed by atoms with Gasteiger partial charge in [0.15, 0.2) is 0 Å². The smallest absolute Gasteiger partial charge is 0.0723 e. The Bertz CT molecular complexity index is 1060. The molecule has 2 aliphatic heterocycles. The van der Waals surface area contributed by atoms with Gasteiger partial charge in [-0.1, -0.05) is 35.5 Å². The number of hydrogen-bond donors (Lipinski definition) is 1. The van der Waals surface area contributed by atoms with E-state index in [2.05, 4.69) is 46.2 Å². The first-order valence-corrected chi connectivity index (χ1v) is 15.0. The summed E-state index contributed by atoms with van der Waals surface area (Å²) in [7, 11) is 0. The molecule has 0 aromatic heterocycles. The predicted octanol–water partition coefficient (Wildman–Crippen LogP) is 7.23. The Labute approximate surface area is 219 Å². The summed E-state index contributed by atoms with van der Waals surface area (Å²) in [5.41, 5.74) is 2.80. The largest absolute Gasteiger partial charge is 0.391 e. The van der Waals surface area contributed by atoms with Crippen LogP contribution in [-0.4, -0.2) is 42.3 Å². The molecule has 0 radical (unpaired) electrons. The second kappa shape index (κ2) is 8.97. The Morgan fingerprint density at radius 3 is 2.29 bits per heavy atom. The van der Waals surface area contributed by atoms with Crippen molar-refractivity contribution in [2.75, 3.05) is 31.1 Å². The molecule has 4 saturated carbocycles. The topological polar surface area (TPSA) is 26.7 Å². The molecule has 186 valence electrons. The van der Waals surface area contributed by atoms with Crippen molar-refractivity contribution < 1.29 is 5.11 Å². The van der Waals surface area contributed by atoms with Crippen molar-refractivity contribution in [2.24, 2.45) is 29.1 Å². The number of anilines is 2. The maximum Gasteiger partial charge on any atom is 0.0723 e. The van der Waals surface area contributed by atoms with Crippen LogP contribution in [0.3, 0.4) is 0 Å². The quantitative estimate of drug-likeness (QED) is 0.460. The number of nitrogens with zero attached hydrogens (tertiary/aromatic N) is 2. The molecule has 1 atom stereocenters. The molecule has 0 unspecified atom stereocenters. The molecule has 35 heavy (non-hydrogen) atoms. The normalized spacial score (nSPS) is 33.0. The van der Waals surface area contributed by atoms with Crippen LogP contribution in [0.25, 0.3) is 0 Å². The predicted molar refractivity (Wildman–Crippen MR) is 145 cm³/mol. The Morgan fingerprint density at radius 2 is 1.57 bits per heavy atom. The molecular weight excluding hydrogens is 472 g/mol. The molecule has 8 rings (SSSR count). The van der Waals surface area contributed by atoms with E-state index in [1.54, 1.807) is 0 Å². The van der Waals surface area contributed by atoms with E-state index in [4.69, 9.17) is 11.6 Å². The zero-order valence-electron chi connectivity index (χ0n) is 20.5. The lowest BCUT2D eigenvalue weighted by molar-refractivity contribution is -0.127. The van der Waals surface area contributed by atoms with Gasteiger partial charge >= 0.3 is 0 Å². The van der Waals surface area contributed by atoms with Crippen molar-refractivity contribution in [3.05, 3.63) is 47.5 Å². The minimum absolute atomic E-state index is 0.132. The van der Waals surface area contributed by atoms with Gasteiger partial charge in [-0.3, -0.25) is 0 Å². The highest BCUT2D eigenvalue weighted by molar-refractivity contribution is 7.99. The number of para-hydroxylation sites is 1. The van der Waals surface area contributed by atoms with Gasteiger partial charge in [-0.05, 0) is 124 Å². The number of halogens is 1. The fourth-order valence-corrected chi connectivity index (χ4v) is 9.88. The van der Waals surface area contributed by atoms with Gasteiger partial charge < -0.3 is 14.9 Å². The Balaban J connectivity index is 1.01. The van der Waals surface area contributed by atoms with Crippen molar-refractivity contribution >= 4 is 34.7 Å². The van der Waals surface area contributed by atoms with Gasteiger partial charge in [-0.2, -0.15) is 0 Å². The highest BCUT2D eigenvalue weighted by Crippen LogP contribution is 2.61. The second-order valence-corrected chi connectivity index (χ2v) is 13.9. The third-order valence-electron chi connectivity index (χ3n) is 9.96. The van der Waals surface area contributed by atoms with Crippen LogP contribution < -0.4 is 4.90 Å². The lowest BCUT2D eigenvalue weighted by Gasteiger charge is -2.59. The summed E-state index contributed by atoms with van der Waals surface area (Å²) in [6.45, 7) is 4.15. The SMILES string of the molecule is O[C@@H](CN1CCC(CN2c3ccccc3Sc3ccc(Cl)cc32)CC1)C12CC3CC(CC(C3)C1)C2. The molecule has 4 bridgehead atoms. The molecule has 3 nitrogen and oxygen atoms in total. The molecule has 0 amide bonds. The van der Waals surface area contributed by atoms with Crippen LogP contribution in [0.5, 0.6) is 0 Å². The molecule has 2 aromatic rings. The van der Waals surface area contributed by atoms with Crippen LogP contribution in [-0.2, 0) is 0 Å². The van der Waals surface area contributed by atoms with Crippen molar-refractivity contribution in [2.45, 2.75) is 67.3 Å². The maximum absolute atomic E-state index is 11.5. The number of piperidine rings is 1. The van der Waals surface area contributed by atoms with E-state index in [1.165, 1.54) is 72.5 Å². The fraction of sp³-hybridized carbons (Fsp3) is 0.600. The third-order valence-corrected chi connectivity index (χ3v) is 11.3. The molecule has 4 aliphatic carbocycles. The molecule has 0 spiro atoms. The highest BCUT2D eigenvalue weighted by Gasteiger charge is 2.54. The second-order valence-electron chi connectivity index (χ2n) is 12.3. The van der Waals surface area contributed by atoms with E-state index < -0.39 is 0 Å². The average Bonchev–Trinajstić information content (AvgIpc) is 2.84. The van der Waals surface area contributed by atoms with E-state index in [0.29, 0.717) is 5.92 Å². The lowest BCUT2D eigenvalue weighted by atomic mass is 9.48. The molecule has 5 fully saturated rings. The van der Waals surface area contributed by atoms with Gasteiger partial charge in [-0.15, -0.1) is 0 Å². The van der Waals surface area contributed by atoms with Crippen molar-refractivity contribution in [3.63, 3.8) is 0 Å². The first-order chi connectivity index (χ1) is 17.0. The van der Waals surface area contributed by atoms with E-state index in [0.717, 1.165) is 49.0 Å². The zero-order chi connectivity index (χ0) is 23.6. The van der Waals surface area contributed by atoms with Crippen molar-refractivity contribution in [3.8, 4) is 0 Å². The molecule has 1 saturated heterocycles. The minimum atomic E-state index is -0.132. The van der Waals surface area contributed by atoms with Gasteiger partial charge in [-0.25, -0.2) is 0 Å². The van der Waals surface area contributed by atoms with Gasteiger partial charge in [0, 0.05) is 27.9 Å². The first-order valence-electron chi connectivity index (χ1n) is 13.8. The van der Waals surface area contributed by atoms with Crippen LogP contribution in [0.15, 0.2) is 52.3 Å². The molecule has 6 aliphatic rings. The number of aliphatic hydroxyl groups excluding tert-OH is 1. The Morgan fingerprint density at radius 1 is 0.914 bits per heavy atom. The van der Waals surface area contributed by atoms with Gasteiger partial charge in [0.1, 0.15) is 0 Å². The molecular formula is C30H37ClN2OS. The number of fused-ring (bicyclic) bond motifs is 2. The highest BCUT2D eigenvalue weighted by atomic mass is 35.5. The minimum Gasteiger partial charge on any atom is -0.391 e. The molecule has 2 heterocycles. The Hall–Kier alpha value is -1.20. The summed E-state index contributed by atoms with van der Waals surface area (Å²) >= 11 is 8.28. The summed E-state index contributed by atoms with van der Waals surface area (Å²) in [4.78, 5) is 7.71. The first kappa shape index (κ1) is 23.0. The van der Waals surface area contributed by atoms with E-state index in [-0.39, 0.29) is 11.5 Å². The van der Waals surface area contributed by atoms with Crippen LogP contribution in [0.2, 0.25) is 5.02 Å². The van der Waals surface area contributed by atoms with Gasteiger partial charge in [0.2, 0.25) is 0 Å². The van der Waals surface area contributed by atoms with Crippen LogP contribution in [0.1, 0.15) is 51.4 Å². The lowest BCUT2D eigenvalue weighted by Crippen LogP contribution is -2.55. The number of aliphatic hydroxyl groups is 1. The van der Waals surface area contributed by atoms with Crippen LogP contribution in [0.4, 0.5) is 11.4 Å². The van der Waals surface area contributed by atoms with E-state index >= 15 is 0 Å². The third kappa shape index (κ3) is 4.23. The average molecular weight is 509 g/mol. The number of benzene rings is 2. The van der Waals surface area contributed by atoms with E-state index in [9.17, 15) is 5.11 Å². The number of rotatable bonds is 5. The Kier molecular flexibility index (Phi) is 5.89. The summed E-state index contributed by atoms with van der Waals surface area (Å²) in [5.74, 6) is 3.38. The molecule has 5 heteroatoms. The van der Waals surface area contributed by atoms with Crippen LogP contribution in [0, 0.1) is 29.1 Å². The van der Waals surface area contributed by atoms with Crippen LogP contribution >= 0.6 is 23.4 Å². The number of β-amino-alcohol motifs (C(OH)–C–C–N with tert-alkyl or cyclic N) is 1. The monoisotopic (exact) mass is 508 g/mol. The number of likely N-dealkylation sites (tertiary alicyclic amines) is 1. The van der Waals surface area contributed by atoms with Gasteiger partial charge in [0.05, 0.1) is 17.5 Å². The molecule has 2 aromatic carbocycles. The van der Waals surface area contributed by atoms with Crippen molar-refractivity contribution in [1.82, 2.24) is 4.90 Å². The van der Waals surface area contributed by atoms with Crippen molar-refractivity contribution in [1.29, 1.82) is 0 Å². The maximum atomic E-state index is 11.5. The fourth-order valence-electron chi connectivity index (χ4n) is 8.63. The van der Waals surface area contributed by atoms with Gasteiger partial charge in [0.25, 0.3) is 0 Å². The summed E-state index contributed by atoms with van der Waals surface area (Å²) in [5, 5.41) is 12.3. The zero-order valence-corrected chi connectivity index (χ0v) is 22.1. The molecule has 1 N–H and O–H groups in total.